The van der Waals surface area contributed by atoms with Crippen molar-refractivity contribution in [2.45, 2.75) is 44.4 Å². The average molecular weight is 487 g/mol. The summed E-state index contributed by atoms with van der Waals surface area (Å²) in [5.74, 6) is 3.74. The van der Waals surface area contributed by atoms with Crippen LogP contribution in [-0.2, 0) is 0 Å². The minimum atomic E-state index is 0.104. The zero-order valence-corrected chi connectivity index (χ0v) is 20.9. The Balaban J connectivity index is 1.53. The molecule has 2 N–H and O–H groups in total. The van der Waals surface area contributed by atoms with Crippen LogP contribution in [0.4, 0.5) is 10.9 Å². The number of hydrogen-bond donors (Lipinski definition) is 2. The molecule has 0 atom stereocenters. The highest BCUT2D eigenvalue weighted by Gasteiger charge is 2.23. The topological polar surface area (TPSA) is 96.3 Å². The Morgan fingerprint density at radius 3 is 2.76 bits per heavy atom. The first-order valence-electron chi connectivity index (χ1n) is 11.2. The van der Waals surface area contributed by atoms with Gasteiger partial charge in [-0.15, -0.1) is 11.8 Å². The van der Waals surface area contributed by atoms with Gasteiger partial charge in [-0.25, -0.2) is 9.97 Å². The Morgan fingerprint density at radius 1 is 1.21 bits per heavy atom. The predicted molar refractivity (Wildman–Crippen MR) is 133 cm³/mol. The van der Waals surface area contributed by atoms with Crippen LogP contribution in [0.15, 0.2) is 29.3 Å². The number of ether oxygens (including phenoxy) is 1. The van der Waals surface area contributed by atoms with Gasteiger partial charge in [0.15, 0.2) is 11.6 Å². The number of pyridine rings is 2. The normalized spacial score (nSPS) is 15.0. The maximum Gasteiger partial charge on any atom is 0.208 e. The van der Waals surface area contributed by atoms with E-state index < -0.39 is 0 Å². The fourth-order valence-corrected chi connectivity index (χ4v) is 5.09. The Bertz CT molecular complexity index is 1070. The summed E-state index contributed by atoms with van der Waals surface area (Å²) >= 11 is 2.88. The van der Waals surface area contributed by atoms with E-state index in [4.69, 9.17) is 9.72 Å². The van der Waals surface area contributed by atoms with Crippen molar-refractivity contribution in [1.29, 1.82) is 0 Å². The number of aliphatic hydroxyl groups is 1. The molecule has 8 nitrogen and oxygen atoms in total. The maximum atomic E-state index is 9.17. The number of aliphatic hydroxyl groups excluding tert-OH is 1. The molecule has 0 unspecified atom stereocenters. The number of nitrogens with one attached hydrogen (secondary N) is 1. The number of hydrogen-bond acceptors (Lipinski definition) is 10. The van der Waals surface area contributed by atoms with Crippen molar-refractivity contribution in [3.05, 3.63) is 41.6 Å². The van der Waals surface area contributed by atoms with Gasteiger partial charge in [0.1, 0.15) is 11.6 Å². The summed E-state index contributed by atoms with van der Waals surface area (Å²) in [6, 6.07) is 5.77. The van der Waals surface area contributed by atoms with E-state index in [-0.39, 0.29) is 6.61 Å². The molecule has 0 radical (unpaired) electrons. The van der Waals surface area contributed by atoms with E-state index in [0.717, 1.165) is 54.6 Å². The number of likely N-dealkylation sites (tertiary alicyclic amines) is 1. The third-order valence-corrected chi connectivity index (χ3v) is 7.24. The second-order valence-electron chi connectivity index (χ2n) is 8.02. The molecule has 1 fully saturated rings. The van der Waals surface area contributed by atoms with E-state index >= 15 is 0 Å². The molecule has 0 saturated carbocycles. The van der Waals surface area contributed by atoms with Crippen molar-refractivity contribution in [3.63, 3.8) is 0 Å². The van der Waals surface area contributed by atoms with Crippen LogP contribution in [0.1, 0.15) is 42.9 Å². The Morgan fingerprint density at radius 2 is 2.03 bits per heavy atom. The smallest absolute Gasteiger partial charge is 0.208 e. The van der Waals surface area contributed by atoms with Crippen LogP contribution in [0.3, 0.4) is 0 Å². The molecule has 0 spiro atoms. The Labute approximate surface area is 203 Å². The summed E-state index contributed by atoms with van der Waals surface area (Å²) in [6.45, 7) is 9.48. The zero-order valence-electron chi connectivity index (χ0n) is 19.2. The number of aryl methyl sites for hydroxylation is 2. The fraction of sp³-hybridized carbons (Fsp3) is 0.478. The molecule has 4 heterocycles. The van der Waals surface area contributed by atoms with Crippen LogP contribution < -0.4 is 10.1 Å². The lowest BCUT2D eigenvalue weighted by Crippen LogP contribution is -2.32. The summed E-state index contributed by atoms with van der Waals surface area (Å²) in [6.07, 6.45) is 3.96. The summed E-state index contributed by atoms with van der Waals surface area (Å²) in [5.41, 5.74) is 1.75. The highest BCUT2D eigenvalue weighted by Crippen LogP contribution is 2.35. The van der Waals surface area contributed by atoms with Gasteiger partial charge in [-0.05, 0) is 64.5 Å². The van der Waals surface area contributed by atoms with E-state index in [1.807, 2.05) is 32.0 Å². The van der Waals surface area contributed by atoms with E-state index in [1.165, 1.54) is 23.3 Å². The number of piperidine rings is 1. The van der Waals surface area contributed by atoms with Crippen LogP contribution in [0.2, 0.25) is 0 Å². The van der Waals surface area contributed by atoms with Gasteiger partial charge >= 0.3 is 0 Å². The first-order valence-corrected chi connectivity index (χ1v) is 13.0. The summed E-state index contributed by atoms with van der Waals surface area (Å²) < 4.78 is 10.8. The molecule has 1 aliphatic rings. The maximum absolute atomic E-state index is 9.17. The molecule has 1 aliphatic heterocycles. The standard InChI is InChI=1S/C23H30N6O2S2/c1-4-29-9-7-17(8-10-29)21-26-23(33-28-21)27-22-20(13-18(14-24-22)32-12-11-30)31-19-6-5-15(2)25-16(19)3/h5-6,13-14,17,30H,4,7-12H2,1-3H3,(H,24,26,27,28). The quantitative estimate of drug-likeness (QED) is 0.415. The molecule has 10 heteroatoms. The van der Waals surface area contributed by atoms with Crippen molar-refractivity contribution >= 4 is 34.2 Å². The lowest BCUT2D eigenvalue weighted by molar-refractivity contribution is 0.219. The first kappa shape index (κ1) is 23.9. The molecule has 3 aromatic heterocycles. The predicted octanol–water partition coefficient (Wildman–Crippen LogP) is 4.76. The molecule has 4 rings (SSSR count). The lowest BCUT2D eigenvalue weighted by atomic mass is 9.96. The number of anilines is 2. The van der Waals surface area contributed by atoms with Gasteiger partial charge in [0.05, 0.1) is 12.3 Å². The minimum Gasteiger partial charge on any atom is -0.452 e. The second-order valence-corrected chi connectivity index (χ2v) is 9.94. The van der Waals surface area contributed by atoms with E-state index in [9.17, 15) is 5.11 Å². The van der Waals surface area contributed by atoms with Crippen LogP contribution >= 0.6 is 23.3 Å². The summed E-state index contributed by atoms with van der Waals surface area (Å²) in [5, 5.41) is 13.2. The van der Waals surface area contributed by atoms with Gasteiger partial charge < -0.3 is 20.1 Å². The van der Waals surface area contributed by atoms with Crippen molar-refractivity contribution in [2.24, 2.45) is 0 Å². The largest absolute Gasteiger partial charge is 0.452 e. The fourth-order valence-electron chi connectivity index (χ4n) is 3.80. The number of nitrogens with zero attached hydrogens (tertiary/aromatic N) is 5. The van der Waals surface area contributed by atoms with Crippen LogP contribution in [0, 0.1) is 13.8 Å². The van der Waals surface area contributed by atoms with Crippen molar-refractivity contribution in [3.8, 4) is 11.5 Å². The molecule has 3 aromatic rings. The average Bonchev–Trinajstić information content (AvgIpc) is 3.29. The molecular weight excluding hydrogens is 456 g/mol. The molecule has 1 saturated heterocycles. The van der Waals surface area contributed by atoms with Gasteiger partial charge in [0.2, 0.25) is 5.13 Å². The van der Waals surface area contributed by atoms with Gasteiger partial charge in [-0.2, -0.15) is 4.37 Å². The summed E-state index contributed by atoms with van der Waals surface area (Å²) in [7, 11) is 0. The van der Waals surface area contributed by atoms with E-state index in [0.29, 0.717) is 34.1 Å². The van der Waals surface area contributed by atoms with Gasteiger partial charge in [0, 0.05) is 40.0 Å². The van der Waals surface area contributed by atoms with Gasteiger partial charge in [0.25, 0.3) is 0 Å². The highest BCUT2D eigenvalue weighted by atomic mass is 32.2. The van der Waals surface area contributed by atoms with Gasteiger partial charge in [-0.1, -0.05) is 6.92 Å². The molecule has 0 aliphatic carbocycles. The second kappa shape index (κ2) is 11.2. The third-order valence-electron chi connectivity index (χ3n) is 5.65. The monoisotopic (exact) mass is 486 g/mol. The van der Waals surface area contributed by atoms with Crippen molar-refractivity contribution in [2.75, 3.05) is 37.3 Å². The van der Waals surface area contributed by atoms with Gasteiger partial charge in [-0.3, -0.25) is 4.98 Å². The Hall–Kier alpha value is -2.27. The zero-order chi connectivity index (χ0) is 23.2. The number of aromatic nitrogens is 4. The molecule has 33 heavy (non-hydrogen) atoms. The SMILES string of the molecule is CCN1CCC(c2nsc(Nc3ncc(SCCO)cc3Oc3ccc(C)nc3C)n2)CC1. The van der Waals surface area contributed by atoms with Crippen molar-refractivity contribution in [1.82, 2.24) is 24.2 Å². The van der Waals surface area contributed by atoms with Crippen LogP contribution in [0.5, 0.6) is 11.5 Å². The first-order chi connectivity index (χ1) is 16.1. The van der Waals surface area contributed by atoms with Crippen LogP contribution in [0.25, 0.3) is 0 Å². The molecule has 176 valence electrons. The number of rotatable bonds is 9. The number of thioether (sulfide) groups is 1. The van der Waals surface area contributed by atoms with Crippen LogP contribution in [-0.4, -0.2) is 61.3 Å². The lowest BCUT2D eigenvalue weighted by Gasteiger charge is -2.29. The van der Waals surface area contributed by atoms with E-state index in [1.54, 1.807) is 6.20 Å². The molecule has 0 aromatic carbocycles. The summed E-state index contributed by atoms with van der Waals surface area (Å²) in [4.78, 5) is 17.2. The third kappa shape index (κ3) is 6.20. The molecule has 0 amide bonds. The van der Waals surface area contributed by atoms with E-state index in [2.05, 4.69) is 31.5 Å². The minimum absolute atomic E-state index is 0.104. The molecular formula is C23H30N6O2S2. The highest BCUT2D eigenvalue weighted by molar-refractivity contribution is 7.99. The van der Waals surface area contributed by atoms with Crippen molar-refractivity contribution < 1.29 is 9.84 Å². The molecule has 0 bridgehead atoms. The Kier molecular flexibility index (Phi) is 8.13.